The lowest BCUT2D eigenvalue weighted by molar-refractivity contribution is 0.144. The highest BCUT2D eigenvalue weighted by Gasteiger charge is 2.29. The van der Waals surface area contributed by atoms with Crippen LogP contribution in [0.2, 0.25) is 0 Å². The number of hydrogen-bond donors (Lipinski definition) is 1. The number of hydrogen-bond acceptors (Lipinski definition) is 7. The van der Waals surface area contributed by atoms with Crippen molar-refractivity contribution in [1.82, 2.24) is 30.1 Å². The zero-order chi connectivity index (χ0) is 24.2. The number of ether oxygens (including phenoxy) is 1. The minimum atomic E-state index is -0.114. The molecule has 0 amide bonds. The molecule has 3 heterocycles. The molecule has 35 heavy (non-hydrogen) atoms. The monoisotopic (exact) mass is 476 g/mol. The van der Waals surface area contributed by atoms with Crippen LogP contribution in [0.15, 0.2) is 51.9 Å². The van der Waals surface area contributed by atoms with E-state index >= 15 is 0 Å². The second-order valence-electron chi connectivity index (χ2n) is 9.26. The third kappa shape index (κ3) is 5.00. The van der Waals surface area contributed by atoms with E-state index in [0.717, 1.165) is 41.8 Å². The highest BCUT2D eigenvalue weighted by Crippen LogP contribution is 2.33. The van der Waals surface area contributed by atoms with E-state index in [9.17, 15) is 4.79 Å². The third-order valence-corrected chi connectivity index (χ3v) is 7.01. The molecule has 184 valence electrons. The number of nitrogens with one attached hydrogen (secondary N) is 1. The predicted octanol–water partition coefficient (Wildman–Crippen LogP) is 4.77. The molecule has 1 aliphatic carbocycles. The Balaban J connectivity index is 1.50. The molecule has 5 rings (SSSR count). The second-order valence-corrected chi connectivity index (χ2v) is 9.26. The van der Waals surface area contributed by atoms with E-state index in [0.29, 0.717) is 30.4 Å². The molecule has 4 aromatic rings. The Kier molecular flexibility index (Phi) is 6.94. The van der Waals surface area contributed by atoms with Crippen molar-refractivity contribution >= 4 is 10.9 Å². The van der Waals surface area contributed by atoms with Crippen molar-refractivity contribution in [1.29, 1.82) is 0 Å². The molecule has 1 aliphatic rings. The normalized spacial score (nSPS) is 15.6. The van der Waals surface area contributed by atoms with Crippen LogP contribution in [0.1, 0.15) is 74.7 Å². The van der Waals surface area contributed by atoms with E-state index in [1.54, 1.807) is 13.4 Å². The van der Waals surface area contributed by atoms with E-state index < -0.39 is 0 Å². The summed E-state index contributed by atoms with van der Waals surface area (Å²) in [5.74, 6) is 2.40. The average Bonchev–Trinajstić information content (AvgIpc) is 3.58. The maximum atomic E-state index is 13.1. The molecule has 1 atom stereocenters. The van der Waals surface area contributed by atoms with Gasteiger partial charge in [-0.2, -0.15) is 0 Å². The van der Waals surface area contributed by atoms with Crippen LogP contribution in [0.25, 0.3) is 10.9 Å². The average molecular weight is 477 g/mol. The molecule has 1 aromatic carbocycles. The quantitative estimate of drug-likeness (QED) is 0.371. The minimum absolute atomic E-state index is 0.0667. The summed E-state index contributed by atoms with van der Waals surface area (Å²) in [7, 11) is 1.62. The van der Waals surface area contributed by atoms with Gasteiger partial charge in [-0.1, -0.05) is 26.2 Å². The fraction of sp³-hybridized carbons (Fsp3) is 0.462. The lowest BCUT2D eigenvalue weighted by Gasteiger charge is -2.31. The lowest BCUT2D eigenvalue weighted by atomic mass is 9.95. The van der Waals surface area contributed by atoms with Crippen LogP contribution in [0.5, 0.6) is 5.75 Å². The van der Waals surface area contributed by atoms with Gasteiger partial charge in [0.2, 0.25) is 0 Å². The maximum Gasteiger partial charge on any atom is 0.252 e. The van der Waals surface area contributed by atoms with Gasteiger partial charge in [0.25, 0.3) is 5.56 Å². The highest BCUT2D eigenvalue weighted by molar-refractivity contribution is 5.80. The van der Waals surface area contributed by atoms with Crippen molar-refractivity contribution in [3.8, 4) is 5.75 Å². The highest BCUT2D eigenvalue weighted by atomic mass is 16.5. The second kappa shape index (κ2) is 10.4. The van der Waals surface area contributed by atoms with Crippen molar-refractivity contribution in [2.45, 2.75) is 70.6 Å². The largest absolute Gasteiger partial charge is 0.497 e. The summed E-state index contributed by atoms with van der Waals surface area (Å²) in [6, 6.07) is 11.8. The van der Waals surface area contributed by atoms with Crippen molar-refractivity contribution in [3.63, 3.8) is 0 Å². The number of rotatable bonds is 9. The number of H-pyrrole nitrogens is 1. The standard InChI is InChI=1S/C26H32N6O3/c1-3-24(25-28-29-30-32(25)20-8-5-4-6-9-20)31(17-22-10-7-13-35-22)16-19-14-18-11-12-21(34-2)15-23(18)27-26(19)33/h7,10-15,20,24H,3-6,8-9,16-17H2,1-2H3,(H,27,33)/t24-/m1/s1. The van der Waals surface area contributed by atoms with Crippen LogP contribution in [0.3, 0.4) is 0 Å². The summed E-state index contributed by atoms with van der Waals surface area (Å²) in [5, 5.41) is 13.9. The summed E-state index contributed by atoms with van der Waals surface area (Å²) in [6.07, 6.45) is 8.35. The first kappa shape index (κ1) is 23.3. The maximum absolute atomic E-state index is 13.1. The van der Waals surface area contributed by atoms with Crippen molar-refractivity contribution in [2.24, 2.45) is 0 Å². The van der Waals surface area contributed by atoms with Gasteiger partial charge in [0.15, 0.2) is 5.82 Å². The Morgan fingerprint density at radius 2 is 2.06 bits per heavy atom. The van der Waals surface area contributed by atoms with Gasteiger partial charge in [0.05, 0.1) is 37.5 Å². The van der Waals surface area contributed by atoms with Gasteiger partial charge >= 0.3 is 0 Å². The van der Waals surface area contributed by atoms with Crippen molar-refractivity contribution in [3.05, 3.63) is 70.2 Å². The molecular formula is C26H32N6O3. The number of benzene rings is 1. The first-order valence-electron chi connectivity index (χ1n) is 12.4. The zero-order valence-corrected chi connectivity index (χ0v) is 20.3. The van der Waals surface area contributed by atoms with E-state index in [2.05, 4.69) is 32.3 Å². The summed E-state index contributed by atoms with van der Waals surface area (Å²) < 4.78 is 13.0. The Morgan fingerprint density at radius 3 is 2.80 bits per heavy atom. The van der Waals surface area contributed by atoms with Crippen LogP contribution in [-0.2, 0) is 13.1 Å². The number of fused-ring (bicyclic) bond motifs is 1. The van der Waals surface area contributed by atoms with Gasteiger partial charge in [-0.15, -0.1) is 5.10 Å². The van der Waals surface area contributed by atoms with Crippen LogP contribution in [0.4, 0.5) is 0 Å². The Morgan fingerprint density at radius 1 is 1.20 bits per heavy atom. The number of tetrazole rings is 1. The number of nitrogens with zero attached hydrogens (tertiary/aromatic N) is 5. The SMILES string of the molecule is CC[C@H](c1nnnn1C1CCCCC1)N(Cc1ccco1)Cc1cc2ccc(OC)cc2[nH]c1=O. The van der Waals surface area contributed by atoms with Gasteiger partial charge in [-0.3, -0.25) is 9.69 Å². The minimum Gasteiger partial charge on any atom is -0.497 e. The number of pyridine rings is 1. The first-order chi connectivity index (χ1) is 17.2. The molecule has 0 saturated heterocycles. The van der Waals surface area contributed by atoms with Gasteiger partial charge in [-0.25, -0.2) is 4.68 Å². The van der Waals surface area contributed by atoms with Crippen molar-refractivity contribution in [2.75, 3.05) is 7.11 Å². The van der Waals surface area contributed by atoms with Crippen LogP contribution in [0, 0.1) is 0 Å². The van der Waals surface area contributed by atoms with Gasteiger partial charge in [0, 0.05) is 18.2 Å². The fourth-order valence-corrected chi connectivity index (χ4v) is 5.18. The molecule has 1 fully saturated rings. The molecule has 0 bridgehead atoms. The zero-order valence-electron chi connectivity index (χ0n) is 20.3. The molecule has 0 spiro atoms. The van der Waals surface area contributed by atoms with Gasteiger partial charge < -0.3 is 14.1 Å². The molecule has 9 nitrogen and oxygen atoms in total. The van der Waals surface area contributed by atoms with Gasteiger partial charge in [-0.05, 0) is 65.4 Å². The predicted molar refractivity (Wildman–Crippen MR) is 132 cm³/mol. The topological polar surface area (TPSA) is 102 Å². The number of methoxy groups -OCH3 is 1. The fourth-order valence-electron chi connectivity index (χ4n) is 5.18. The number of aromatic nitrogens is 5. The molecule has 3 aromatic heterocycles. The molecule has 0 radical (unpaired) electrons. The van der Waals surface area contributed by atoms with E-state index in [4.69, 9.17) is 9.15 Å². The lowest BCUT2D eigenvalue weighted by Crippen LogP contribution is -2.33. The molecule has 1 saturated carbocycles. The molecule has 1 N–H and O–H groups in total. The molecule has 0 unspecified atom stereocenters. The number of aromatic amines is 1. The van der Waals surface area contributed by atoms with Crippen LogP contribution >= 0.6 is 0 Å². The summed E-state index contributed by atoms with van der Waals surface area (Å²) in [5.41, 5.74) is 1.32. The third-order valence-electron chi connectivity index (χ3n) is 7.01. The van der Waals surface area contributed by atoms with Crippen LogP contribution in [-0.4, -0.2) is 37.2 Å². The molecule has 0 aliphatic heterocycles. The Bertz CT molecular complexity index is 1310. The molecule has 9 heteroatoms. The van der Waals surface area contributed by atoms with E-state index in [1.807, 2.05) is 41.1 Å². The van der Waals surface area contributed by atoms with Crippen molar-refractivity contribution < 1.29 is 9.15 Å². The first-order valence-corrected chi connectivity index (χ1v) is 12.4. The Labute approximate surface area is 204 Å². The van der Waals surface area contributed by atoms with E-state index in [-0.39, 0.29) is 11.6 Å². The Hall–Kier alpha value is -3.46. The van der Waals surface area contributed by atoms with E-state index in [1.165, 1.54) is 19.3 Å². The number of furan rings is 1. The summed E-state index contributed by atoms with van der Waals surface area (Å²) in [6.45, 7) is 3.12. The molecular weight excluding hydrogens is 444 g/mol. The van der Waals surface area contributed by atoms with Crippen LogP contribution < -0.4 is 10.3 Å². The summed E-state index contributed by atoms with van der Waals surface area (Å²) >= 11 is 0. The summed E-state index contributed by atoms with van der Waals surface area (Å²) in [4.78, 5) is 18.4. The smallest absolute Gasteiger partial charge is 0.252 e. The van der Waals surface area contributed by atoms with Gasteiger partial charge in [0.1, 0.15) is 11.5 Å².